The maximum Gasteiger partial charge on any atom is 0.326 e. The Hall–Kier alpha value is -3.86. The standard InChI is InChI=1S/C22H22N4O4/c1-4-22(16-7-11-18(30-3)12-8-16)20(28)26(21(29)25-22)14(2)19(27)24-17-9-5-15(13-23)6-10-17/h5-12,14H,4H2,1-3H3,(H,24,27)(H,25,29). The van der Waals surface area contributed by atoms with Crippen LogP contribution < -0.4 is 15.4 Å². The number of amides is 4. The number of nitrogens with one attached hydrogen (secondary N) is 2. The number of carbonyl (C=O) groups excluding carboxylic acids is 3. The van der Waals surface area contributed by atoms with Crippen molar-refractivity contribution in [1.82, 2.24) is 10.2 Å². The number of hydrogen-bond donors (Lipinski definition) is 2. The van der Waals surface area contributed by atoms with Crippen LogP contribution >= 0.6 is 0 Å². The second-order valence-corrected chi connectivity index (χ2v) is 6.95. The van der Waals surface area contributed by atoms with Gasteiger partial charge in [0.25, 0.3) is 5.91 Å². The van der Waals surface area contributed by atoms with Gasteiger partial charge in [-0.3, -0.25) is 9.59 Å². The molecule has 8 heteroatoms. The summed E-state index contributed by atoms with van der Waals surface area (Å²) in [4.78, 5) is 39.6. The second kappa shape index (κ2) is 8.25. The fourth-order valence-electron chi connectivity index (χ4n) is 3.45. The van der Waals surface area contributed by atoms with Crippen LogP contribution in [0.3, 0.4) is 0 Å². The third-order valence-corrected chi connectivity index (χ3v) is 5.28. The first-order valence-corrected chi connectivity index (χ1v) is 9.47. The summed E-state index contributed by atoms with van der Waals surface area (Å²) in [6.45, 7) is 3.30. The Morgan fingerprint density at radius 2 is 1.83 bits per heavy atom. The number of urea groups is 1. The van der Waals surface area contributed by atoms with Gasteiger partial charge in [0.15, 0.2) is 0 Å². The SMILES string of the molecule is CCC1(c2ccc(OC)cc2)NC(=O)N(C(C)C(=O)Nc2ccc(C#N)cc2)C1=O. The fourth-order valence-corrected chi connectivity index (χ4v) is 3.45. The van der Waals surface area contributed by atoms with Crippen molar-refractivity contribution < 1.29 is 19.1 Å². The molecular formula is C22H22N4O4. The lowest BCUT2D eigenvalue weighted by molar-refractivity contribution is -0.136. The summed E-state index contributed by atoms with van der Waals surface area (Å²) < 4.78 is 5.15. The van der Waals surface area contributed by atoms with Gasteiger partial charge < -0.3 is 15.4 Å². The van der Waals surface area contributed by atoms with E-state index in [2.05, 4.69) is 10.6 Å². The minimum Gasteiger partial charge on any atom is -0.497 e. The van der Waals surface area contributed by atoms with Crippen LogP contribution in [0, 0.1) is 11.3 Å². The first-order chi connectivity index (χ1) is 14.4. The summed E-state index contributed by atoms with van der Waals surface area (Å²) in [5, 5.41) is 14.3. The molecule has 3 rings (SSSR count). The van der Waals surface area contributed by atoms with Crippen LogP contribution in [-0.2, 0) is 15.1 Å². The minimum atomic E-state index is -1.24. The average molecular weight is 406 g/mol. The van der Waals surface area contributed by atoms with E-state index >= 15 is 0 Å². The topological polar surface area (TPSA) is 112 Å². The third-order valence-electron chi connectivity index (χ3n) is 5.28. The van der Waals surface area contributed by atoms with Crippen molar-refractivity contribution in [2.45, 2.75) is 31.8 Å². The number of hydrogen-bond acceptors (Lipinski definition) is 5. The van der Waals surface area contributed by atoms with Crippen LogP contribution in [0.1, 0.15) is 31.4 Å². The molecule has 1 saturated heterocycles. The summed E-state index contributed by atoms with van der Waals surface area (Å²) in [5.74, 6) is -0.360. The van der Waals surface area contributed by atoms with Gasteiger partial charge in [-0.1, -0.05) is 19.1 Å². The number of ether oxygens (including phenoxy) is 1. The summed E-state index contributed by atoms with van der Waals surface area (Å²) >= 11 is 0. The molecule has 4 amide bonds. The Morgan fingerprint density at radius 3 is 2.37 bits per heavy atom. The van der Waals surface area contributed by atoms with E-state index in [-0.39, 0.29) is 0 Å². The lowest BCUT2D eigenvalue weighted by atomic mass is 9.87. The number of carbonyl (C=O) groups is 3. The molecule has 2 aromatic rings. The highest BCUT2D eigenvalue weighted by Gasteiger charge is 2.53. The van der Waals surface area contributed by atoms with E-state index in [4.69, 9.17) is 10.00 Å². The number of nitrogens with zero attached hydrogens (tertiary/aromatic N) is 2. The molecule has 0 spiro atoms. The van der Waals surface area contributed by atoms with Gasteiger partial charge in [-0.25, -0.2) is 9.69 Å². The van der Waals surface area contributed by atoms with Gasteiger partial charge in [-0.15, -0.1) is 0 Å². The zero-order chi connectivity index (χ0) is 21.9. The molecule has 2 unspecified atom stereocenters. The molecule has 1 heterocycles. The van der Waals surface area contributed by atoms with Gasteiger partial charge in [0.05, 0.1) is 18.7 Å². The lowest BCUT2D eigenvalue weighted by Crippen LogP contribution is -2.47. The van der Waals surface area contributed by atoms with Crippen molar-refractivity contribution >= 4 is 23.5 Å². The monoisotopic (exact) mass is 406 g/mol. The highest BCUT2D eigenvalue weighted by molar-refractivity contribution is 6.11. The fraction of sp³-hybridized carbons (Fsp3) is 0.273. The van der Waals surface area contributed by atoms with Crippen LogP contribution in [0.4, 0.5) is 10.5 Å². The molecule has 0 radical (unpaired) electrons. The van der Waals surface area contributed by atoms with Crippen molar-refractivity contribution in [3.8, 4) is 11.8 Å². The maximum atomic E-state index is 13.3. The third kappa shape index (κ3) is 3.57. The first kappa shape index (κ1) is 20.9. The molecule has 2 aromatic carbocycles. The molecule has 1 fully saturated rings. The molecule has 1 aliphatic heterocycles. The Bertz CT molecular complexity index is 1010. The number of benzene rings is 2. The number of anilines is 1. The molecule has 0 saturated carbocycles. The largest absolute Gasteiger partial charge is 0.497 e. The van der Waals surface area contributed by atoms with Crippen LogP contribution in [0.5, 0.6) is 5.75 Å². The number of nitriles is 1. The van der Waals surface area contributed by atoms with Crippen molar-refractivity contribution in [2.75, 3.05) is 12.4 Å². The Morgan fingerprint density at radius 1 is 1.20 bits per heavy atom. The number of imide groups is 1. The zero-order valence-corrected chi connectivity index (χ0v) is 16.9. The van der Waals surface area contributed by atoms with Crippen LogP contribution in [0.15, 0.2) is 48.5 Å². The Balaban J connectivity index is 1.82. The van der Waals surface area contributed by atoms with E-state index in [1.54, 1.807) is 62.6 Å². The zero-order valence-electron chi connectivity index (χ0n) is 16.9. The van der Waals surface area contributed by atoms with Crippen LogP contribution in [0.2, 0.25) is 0 Å². The lowest BCUT2D eigenvalue weighted by Gasteiger charge is -2.27. The van der Waals surface area contributed by atoms with Crippen molar-refractivity contribution in [3.63, 3.8) is 0 Å². The van der Waals surface area contributed by atoms with Gasteiger partial charge in [-0.2, -0.15) is 5.26 Å². The smallest absolute Gasteiger partial charge is 0.326 e. The molecule has 8 nitrogen and oxygen atoms in total. The predicted octanol–water partition coefficient (Wildman–Crippen LogP) is 2.75. The summed E-state index contributed by atoms with van der Waals surface area (Å²) in [5.41, 5.74) is 0.301. The van der Waals surface area contributed by atoms with E-state index < -0.39 is 29.4 Å². The van der Waals surface area contributed by atoms with Gasteiger partial charge in [0, 0.05) is 5.69 Å². The van der Waals surface area contributed by atoms with Crippen molar-refractivity contribution in [2.24, 2.45) is 0 Å². The minimum absolute atomic E-state index is 0.324. The highest BCUT2D eigenvalue weighted by atomic mass is 16.5. The van der Waals surface area contributed by atoms with E-state index in [9.17, 15) is 14.4 Å². The van der Waals surface area contributed by atoms with Gasteiger partial charge in [-0.05, 0) is 55.3 Å². The van der Waals surface area contributed by atoms with E-state index in [1.807, 2.05) is 6.07 Å². The molecule has 1 aliphatic rings. The normalized spacial score (nSPS) is 19.1. The maximum absolute atomic E-state index is 13.3. The number of methoxy groups -OCH3 is 1. The summed E-state index contributed by atoms with van der Waals surface area (Å²) in [6, 6.07) is 13.5. The molecule has 0 aliphatic carbocycles. The van der Waals surface area contributed by atoms with Crippen molar-refractivity contribution in [1.29, 1.82) is 5.26 Å². The van der Waals surface area contributed by atoms with E-state index in [0.29, 0.717) is 29.0 Å². The summed E-state index contributed by atoms with van der Waals surface area (Å²) in [7, 11) is 1.54. The van der Waals surface area contributed by atoms with Crippen LogP contribution in [0.25, 0.3) is 0 Å². The molecule has 2 atom stereocenters. The Kier molecular flexibility index (Phi) is 5.74. The highest BCUT2D eigenvalue weighted by Crippen LogP contribution is 2.34. The van der Waals surface area contributed by atoms with E-state index in [0.717, 1.165) is 4.90 Å². The van der Waals surface area contributed by atoms with Gasteiger partial charge >= 0.3 is 6.03 Å². The van der Waals surface area contributed by atoms with E-state index in [1.165, 1.54) is 6.92 Å². The molecule has 0 bridgehead atoms. The predicted molar refractivity (Wildman–Crippen MR) is 110 cm³/mol. The molecular weight excluding hydrogens is 384 g/mol. The first-order valence-electron chi connectivity index (χ1n) is 9.47. The molecule has 0 aromatic heterocycles. The van der Waals surface area contributed by atoms with Crippen molar-refractivity contribution in [3.05, 3.63) is 59.7 Å². The number of rotatable bonds is 6. The van der Waals surface area contributed by atoms with Gasteiger partial charge in [0.2, 0.25) is 5.91 Å². The van der Waals surface area contributed by atoms with Crippen LogP contribution in [-0.4, -0.2) is 35.9 Å². The molecule has 154 valence electrons. The quantitative estimate of drug-likeness (QED) is 0.717. The Labute approximate surface area is 174 Å². The molecule has 2 N–H and O–H groups in total. The van der Waals surface area contributed by atoms with Gasteiger partial charge in [0.1, 0.15) is 17.3 Å². The second-order valence-electron chi connectivity index (χ2n) is 6.95. The average Bonchev–Trinajstić information content (AvgIpc) is 3.04. The molecule has 30 heavy (non-hydrogen) atoms. The summed E-state index contributed by atoms with van der Waals surface area (Å²) in [6.07, 6.45) is 0.324.